The van der Waals surface area contributed by atoms with Gasteiger partial charge in [-0.2, -0.15) is 0 Å². The highest BCUT2D eigenvalue weighted by Crippen LogP contribution is 1.84. The maximum Gasteiger partial charge on any atom is 0.253 e. The third-order valence-electron chi connectivity index (χ3n) is 1.31. The summed E-state index contributed by atoms with van der Waals surface area (Å²) < 4.78 is 1.56. The minimum absolute atomic E-state index is 0.0810. The molecule has 0 aliphatic rings. The smallest absolute Gasteiger partial charge is 0.253 e. The molecule has 0 aliphatic carbocycles. The van der Waals surface area contributed by atoms with Crippen molar-refractivity contribution in [2.75, 3.05) is 0 Å². The Labute approximate surface area is 81.2 Å². The first-order valence-electron chi connectivity index (χ1n) is 4.84. The molecule has 0 spiro atoms. The quantitative estimate of drug-likeness (QED) is 0.606. The molecule has 0 aliphatic heterocycles. The van der Waals surface area contributed by atoms with Gasteiger partial charge < -0.3 is 4.57 Å². The van der Waals surface area contributed by atoms with Crippen molar-refractivity contribution >= 4 is 0 Å². The molecule has 0 bridgehead atoms. The molecule has 13 heavy (non-hydrogen) atoms. The van der Waals surface area contributed by atoms with Crippen molar-refractivity contribution < 1.29 is 0 Å². The van der Waals surface area contributed by atoms with Gasteiger partial charge in [0.1, 0.15) is 0 Å². The number of hydrogen-bond acceptors (Lipinski definition) is 1. The van der Waals surface area contributed by atoms with Gasteiger partial charge >= 0.3 is 0 Å². The van der Waals surface area contributed by atoms with E-state index in [1.165, 1.54) is 0 Å². The van der Waals surface area contributed by atoms with Gasteiger partial charge in [0.25, 0.3) is 5.56 Å². The van der Waals surface area contributed by atoms with Gasteiger partial charge in [-0.15, -0.1) is 0 Å². The summed E-state index contributed by atoms with van der Waals surface area (Å²) in [6.45, 7) is 9.81. The van der Waals surface area contributed by atoms with Crippen LogP contribution in [0.1, 0.15) is 33.3 Å². The van der Waals surface area contributed by atoms with Crippen LogP contribution >= 0.6 is 0 Å². The van der Waals surface area contributed by atoms with E-state index in [0.29, 0.717) is 0 Å². The molecule has 1 rings (SSSR count). The second kappa shape index (κ2) is 9.04. The maximum atomic E-state index is 10.9. The predicted octanol–water partition coefficient (Wildman–Crippen LogP) is 2.75. The van der Waals surface area contributed by atoms with E-state index in [2.05, 4.69) is 0 Å². The van der Waals surface area contributed by atoms with E-state index in [0.717, 1.165) is 5.56 Å². The van der Waals surface area contributed by atoms with Crippen molar-refractivity contribution in [2.45, 2.75) is 34.6 Å². The summed E-state index contributed by atoms with van der Waals surface area (Å²) >= 11 is 0. The predicted molar refractivity (Wildman–Crippen MR) is 59.1 cm³/mol. The average Bonchev–Trinajstić information content (AvgIpc) is 2.20. The number of aromatic nitrogens is 1. The zero-order valence-corrected chi connectivity index (χ0v) is 9.59. The third kappa shape index (κ3) is 5.23. The fourth-order valence-corrected chi connectivity index (χ4v) is 0.734. The maximum absolute atomic E-state index is 10.9. The second-order valence-electron chi connectivity index (χ2n) is 2.11. The molecule has 1 aromatic rings. The summed E-state index contributed by atoms with van der Waals surface area (Å²) in [6.07, 6.45) is 1.75. The molecular weight excluding hydrogens is 162 g/mol. The van der Waals surface area contributed by atoms with Crippen LogP contribution in [-0.4, -0.2) is 4.57 Å². The van der Waals surface area contributed by atoms with E-state index >= 15 is 0 Å². The van der Waals surface area contributed by atoms with Gasteiger partial charge in [0.2, 0.25) is 0 Å². The monoisotopic (exact) mass is 183 g/mol. The molecule has 0 unspecified atom stereocenters. The molecule has 2 heteroatoms. The minimum atomic E-state index is 0.0810. The van der Waals surface area contributed by atoms with Crippen LogP contribution in [0.5, 0.6) is 0 Å². The van der Waals surface area contributed by atoms with Gasteiger partial charge in [-0.25, -0.2) is 0 Å². The Morgan fingerprint density at radius 3 is 1.92 bits per heavy atom. The molecule has 0 fully saturated rings. The topological polar surface area (TPSA) is 22.0 Å². The fraction of sp³-hybridized carbons (Fsp3) is 0.545. The summed E-state index contributed by atoms with van der Waals surface area (Å²) in [4.78, 5) is 10.9. The first-order valence-corrected chi connectivity index (χ1v) is 4.84. The zero-order chi connectivity index (χ0) is 10.9. The third-order valence-corrected chi connectivity index (χ3v) is 1.31. The lowest BCUT2D eigenvalue weighted by atomic mass is 10.3. The summed E-state index contributed by atoms with van der Waals surface area (Å²) in [5, 5.41) is 0. The van der Waals surface area contributed by atoms with Crippen molar-refractivity contribution in [3.05, 3.63) is 34.2 Å². The zero-order valence-electron chi connectivity index (χ0n) is 9.59. The Bertz CT molecular complexity index is 240. The molecule has 76 valence electrons. The highest BCUT2D eigenvalue weighted by molar-refractivity contribution is 5.06. The normalized spacial score (nSPS) is 7.54. The van der Waals surface area contributed by atoms with Crippen molar-refractivity contribution in [1.82, 2.24) is 4.57 Å². The lowest BCUT2D eigenvalue weighted by molar-refractivity contribution is 0.849. The Hall–Kier alpha value is -1.05. The van der Waals surface area contributed by atoms with Crippen LogP contribution < -0.4 is 5.56 Å². The van der Waals surface area contributed by atoms with Crippen LogP contribution in [0.15, 0.2) is 23.1 Å². The van der Waals surface area contributed by atoms with Crippen LogP contribution in [-0.2, 0) is 7.05 Å². The van der Waals surface area contributed by atoms with E-state index in [9.17, 15) is 4.79 Å². The van der Waals surface area contributed by atoms with Crippen LogP contribution in [0.3, 0.4) is 0 Å². The van der Waals surface area contributed by atoms with Crippen LogP contribution in [0.2, 0.25) is 0 Å². The highest BCUT2D eigenvalue weighted by atomic mass is 16.1. The standard InChI is InChI=1S/C7H9NO.2C2H6/c1-6-4-3-5-8(2)7(6)9;2*1-2/h3-5H,1-2H3;2*1-2H3. The second-order valence-corrected chi connectivity index (χ2v) is 2.11. The van der Waals surface area contributed by atoms with Gasteiger partial charge in [-0.05, 0) is 13.0 Å². The number of rotatable bonds is 0. The summed E-state index contributed by atoms with van der Waals surface area (Å²) in [7, 11) is 1.75. The van der Waals surface area contributed by atoms with Crippen molar-refractivity contribution in [2.24, 2.45) is 7.05 Å². The van der Waals surface area contributed by atoms with Gasteiger partial charge in [0.05, 0.1) is 0 Å². The van der Waals surface area contributed by atoms with Crippen LogP contribution in [0.4, 0.5) is 0 Å². The van der Waals surface area contributed by atoms with E-state index in [4.69, 9.17) is 0 Å². The van der Waals surface area contributed by atoms with E-state index in [1.807, 2.05) is 46.8 Å². The first kappa shape index (κ1) is 14.5. The highest BCUT2D eigenvalue weighted by Gasteiger charge is 1.89. The van der Waals surface area contributed by atoms with E-state index in [-0.39, 0.29) is 5.56 Å². The number of nitrogens with zero attached hydrogens (tertiary/aromatic N) is 1. The first-order chi connectivity index (χ1) is 6.22. The average molecular weight is 183 g/mol. The molecule has 0 radical (unpaired) electrons. The molecule has 0 atom stereocenters. The summed E-state index contributed by atoms with van der Waals surface area (Å²) in [5.74, 6) is 0. The molecule has 0 amide bonds. The Kier molecular flexibility index (Phi) is 10.1. The molecule has 1 aromatic heterocycles. The Morgan fingerprint density at radius 2 is 1.62 bits per heavy atom. The van der Waals surface area contributed by atoms with Crippen LogP contribution in [0, 0.1) is 6.92 Å². The Balaban J connectivity index is 0. The summed E-state index contributed by atoms with van der Waals surface area (Å²) in [5.41, 5.74) is 0.873. The minimum Gasteiger partial charge on any atom is -0.318 e. The largest absolute Gasteiger partial charge is 0.318 e. The molecular formula is C11H21NO. The lowest BCUT2D eigenvalue weighted by Gasteiger charge is -1.94. The Morgan fingerprint density at radius 1 is 1.15 bits per heavy atom. The molecule has 0 aromatic carbocycles. The van der Waals surface area contributed by atoms with Gasteiger partial charge in [0, 0.05) is 18.8 Å². The van der Waals surface area contributed by atoms with Crippen molar-refractivity contribution in [3.63, 3.8) is 0 Å². The molecule has 1 heterocycles. The molecule has 0 N–H and O–H groups in total. The van der Waals surface area contributed by atoms with E-state index < -0.39 is 0 Å². The fourth-order valence-electron chi connectivity index (χ4n) is 0.734. The van der Waals surface area contributed by atoms with Gasteiger partial charge in [-0.1, -0.05) is 33.8 Å². The number of aryl methyl sites for hydroxylation is 2. The molecule has 0 saturated heterocycles. The molecule has 2 nitrogen and oxygen atoms in total. The van der Waals surface area contributed by atoms with Gasteiger partial charge in [-0.3, -0.25) is 4.79 Å². The SMILES string of the molecule is CC.CC.Cc1cccn(C)c1=O. The number of pyridine rings is 1. The number of hydrogen-bond donors (Lipinski definition) is 0. The molecule has 0 saturated carbocycles. The lowest BCUT2D eigenvalue weighted by Crippen LogP contribution is -2.17. The summed E-state index contributed by atoms with van der Waals surface area (Å²) in [6, 6.07) is 3.67. The van der Waals surface area contributed by atoms with Gasteiger partial charge in [0.15, 0.2) is 0 Å². The van der Waals surface area contributed by atoms with Crippen molar-refractivity contribution in [1.29, 1.82) is 0 Å². The van der Waals surface area contributed by atoms with Crippen molar-refractivity contribution in [3.8, 4) is 0 Å². The van der Waals surface area contributed by atoms with E-state index in [1.54, 1.807) is 17.8 Å². The van der Waals surface area contributed by atoms with Crippen LogP contribution in [0.25, 0.3) is 0 Å².